The first kappa shape index (κ1) is 33.3. The summed E-state index contributed by atoms with van der Waals surface area (Å²) in [5.74, 6) is 0.947. The Balaban J connectivity index is 1.10. The van der Waals surface area contributed by atoms with E-state index in [1.807, 2.05) is 30.0 Å². The normalized spacial score (nSPS) is 16.8. The number of benzene rings is 6. The van der Waals surface area contributed by atoms with E-state index in [0.29, 0.717) is 0 Å². The van der Waals surface area contributed by atoms with E-state index in [0.717, 1.165) is 41.2 Å². The van der Waals surface area contributed by atoms with Crippen LogP contribution in [0.2, 0.25) is 0 Å². The summed E-state index contributed by atoms with van der Waals surface area (Å²) in [6.07, 6.45) is 14.4. The monoisotopic (exact) mass is 726 g/mol. The molecule has 10 rings (SSSR count). The van der Waals surface area contributed by atoms with E-state index in [4.69, 9.17) is 10.7 Å². The molecule has 2 heterocycles. The number of hydrogen-bond acceptors (Lipinski definition) is 3. The molecule has 6 aromatic carbocycles. The Kier molecular flexibility index (Phi) is 8.22. The van der Waals surface area contributed by atoms with Crippen LogP contribution in [0.1, 0.15) is 58.3 Å². The van der Waals surface area contributed by atoms with Crippen LogP contribution in [-0.2, 0) is 11.8 Å². The van der Waals surface area contributed by atoms with E-state index in [9.17, 15) is 0 Å². The molecule has 0 saturated carbocycles. The molecule has 7 aromatic rings. The number of H-pyrrole nitrogens is 1. The maximum Gasteiger partial charge on any atom is 0.328 e. The number of nitrogens with zero attached hydrogens (tertiary/aromatic N) is 1. The maximum atomic E-state index is 5.60. The second kappa shape index (κ2) is 13.6. The van der Waals surface area contributed by atoms with E-state index >= 15 is 0 Å². The number of fused-ring (bicyclic) bond motifs is 11. The highest BCUT2D eigenvalue weighted by atomic mass is 32.2. The van der Waals surface area contributed by atoms with Gasteiger partial charge in [0.2, 0.25) is 0 Å². The molecule has 0 bridgehead atoms. The lowest BCUT2D eigenvalue weighted by Gasteiger charge is -2.40. The van der Waals surface area contributed by atoms with E-state index in [1.54, 1.807) is 6.20 Å². The first-order chi connectivity index (χ1) is 27.1. The smallest absolute Gasteiger partial charge is 0.328 e. The lowest BCUT2D eigenvalue weighted by Crippen LogP contribution is -2.32. The Morgan fingerprint density at radius 1 is 0.691 bits per heavy atom. The minimum Gasteiger partial charge on any atom is -0.405 e. The summed E-state index contributed by atoms with van der Waals surface area (Å²) in [7, 11) is 0. The highest BCUT2D eigenvalue weighted by molar-refractivity contribution is 7.99. The molecule has 0 fully saturated rings. The van der Waals surface area contributed by atoms with Gasteiger partial charge in [-0.15, -0.1) is 0 Å². The number of allylic oxidation sites excluding steroid dienone is 4. The van der Waals surface area contributed by atoms with E-state index < -0.39 is 5.41 Å². The largest absolute Gasteiger partial charge is 0.405 e. The van der Waals surface area contributed by atoms with Crippen LogP contribution in [0.5, 0.6) is 0 Å². The number of aromatic amines is 1. The molecular weight excluding hydrogens is 687 g/mol. The number of aryl methyl sites for hydroxylation is 1. The standard InChI is InChI=1S/C51H39N3S/c1-33(13-11-12-30-52)45-32-46(54-50(53-45)37-15-3-2-4-16-37)36-24-22-34(23-25-36)38-27-29-48-44(31-38)51(42-20-9-10-21-47(42)55-48)41-19-8-7-18-40(41)49-39-17-6-5-14-35(39)26-28-43(49)51/h2-4,6-13,15-33H,5,14,52H2,1H3/p+1/b13-11-,30-12-. The predicted molar refractivity (Wildman–Crippen MR) is 227 cm³/mol. The minimum absolute atomic E-state index is 0.101. The van der Waals surface area contributed by atoms with Gasteiger partial charge in [0.05, 0.1) is 11.0 Å². The fourth-order valence-electron chi connectivity index (χ4n) is 8.95. The number of aromatic nitrogens is 2. The zero-order chi connectivity index (χ0) is 36.9. The zero-order valence-electron chi connectivity index (χ0n) is 30.7. The van der Waals surface area contributed by atoms with Gasteiger partial charge in [-0.3, -0.25) is 0 Å². The van der Waals surface area contributed by atoms with E-state index in [2.05, 4.69) is 164 Å². The van der Waals surface area contributed by atoms with Crippen molar-refractivity contribution < 1.29 is 4.98 Å². The summed E-state index contributed by atoms with van der Waals surface area (Å²) in [6.45, 7) is 2.16. The van der Waals surface area contributed by atoms with E-state index in [1.165, 1.54) is 65.4 Å². The molecule has 3 N–H and O–H groups in total. The summed E-state index contributed by atoms with van der Waals surface area (Å²) < 4.78 is 0. The molecule has 0 amide bonds. The van der Waals surface area contributed by atoms with Crippen molar-refractivity contribution in [3.05, 3.63) is 209 Å². The van der Waals surface area contributed by atoms with Crippen molar-refractivity contribution in [3.63, 3.8) is 0 Å². The lowest BCUT2D eigenvalue weighted by atomic mass is 9.66. The van der Waals surface area contributed by atoms with Gasteiger partial charge in [0.15, 0.2) is 5.69 Å². The first-order valence-corrected chi connectivity index (χ1v) is 20.0. The van der Waals surface area contributed by atoms with Crippen LogP contribution in [0.3, 0.4) is 0 Å². The van der Waals surface area contributed by atoms with Crippen LogP contribution < -0.4 is 10.7 Å². The van der Waals surface area contributed by atoms with Gasteiger partial charge in [-0.05, 0) is 116 Å². The van der Waals surface area contributed by atoms with Gasteiger partial charge >= 0.3 is 5.82 Å². The number of nitrogens with one attached hydrogen (secondary N) is 1. The van der Waals surface area contributed by atoms with Crippen molar-refractivity contribution >= 4 is 17.8 Å². The fraction of sp³-hybridized carbons (Fsp3) is 0.0980. The van der Waals surface area contributed by atoms with Crippen molar-refractivity contribution in [3.8, 4) is 44.9 Å². The third-order valence-corrected chi connectivity index (χ3v) is 12.7. The molecule has 264 valence electrons. The zero-order valence-corrected chi connectivity index (χ0v) is 31.5. The third-order valence-electron chi connectivity index (χ3n) is 11.6. The van der Waals surface area contributed by atoms with Crippen molar-refractivity contribution in [1.29, 1.82) is 0 Å². The summed E-state index contributed by atoms with van der Waals surface area (Å²) in [5, 5.41) is 0. The van der Waals surface area contributed by atoms with Crippen LogP contribution in [0, 0.1) is 0 Å². The second-order valence-corrected chi connectivity index (χ2v) is 15.8. The van der Waals surface area contributed by atoms with Crippen LogP contribution in [0.25, 0.3) is 51.0 Å². The van der Waals surface area contributed by atoms with Gasteiger partial charge in [-0.25, -0.2) is 4.98 Å². The van der Waals surface area contributed by atoms with Gasteiger partial charge in [-0.2, -0.15) is 0 Å². The number of nitrogens with two attached hydrogens (primary N) is 1. The maximum absolute atomic E-state index is 5.60. The topological polar surface area (TPSA) is 53.0 Å². The van der Waals surface area contributed by atoms with Gasteiger partial charge in [0.25, 0.3) is 0 Å². The minimum atomic E-state index is -0.416. The molecule has 2 unspecified atom stereocenters. The first-order valence-electron chi connectivity index (χ1n) is 19.1. The van der Waals surface area contributed by atoms with Crippen LogP contribution in [0.15, 0.2) is 180 Å². The number of hydrogen-bond donors (Lipinski definition) is 1. The molecule has 3 aliphatic rings. The molecule has 1 aliphatic heterocycles. The van der Waals surface area contributed by atoms with Crippen LogP contribution in [0.4, 0.5) is 0 Å². The molecule has 55 heavy (non-hydrogen) atoms. The Bertz CT molecular complexity index is 2710. The Hall–Kier alpha value is -6.23. The summed E-state index contributed by atoms with van der Waals surface area (Å²) in [6, 6.07) is 51.7. The van der Waals surface area contributed by atoms with Crippen molar-refractivity contribution in [2.75, 3.05) is 0 Å². The van der Waals surface area contributed by atoms with Gasteiger partial charge in [-0.1, -0.05) is 146 Å². The molecule has 1 aromatic heterocycles. The van der Waals surface area contributed by atoms with Crippen molar-refractivity contribution in [2.24, 2.45) is 5.73 Å². The van der Waals surface area contributed by atoms with Crippen LogP contribution in [-0.4, -0.2) is 4.98 Å². The number of rotatable bonds is 6. The average molecular weight is 727 g/mol. The molecule has 2 aliphatic carbocycles. The predicted octanol–water partition coefficient (Wildman–Crippen LogP) is 11.8. The molecule has 2 atom stereocenters. The molecule has 1 spiro atoms. The highest BCUT2D eigenvalue weighted by Crippen LogP contribution is 2.63. The quantitative estimate of drug-likeness (QED) is 0.174. The lowest BCUT2D eigenvalue weighted by molar-refractivity contribution is -0.355. The molecule has 3 nitrogen and oxygen atoms in total. The average Bonchev–Trinajstić information content (AvgIpc) is 3.55. The molecular formula is C51H40N3S+. The van der Waals surface area contributed by atoms with Crippen molar-refractivity contribution in [1.82, 2.24) is 4.98 Å². The Labute approximate surface area is 327 Å². The van der Waals surface area contributed by atoms with Gasteiger partial charge in [0, 0.05) is 27.3 Å². The highest BCUT2D eigenvalue weighted by Gasteiger charge is 2.51. The third kappa shape index (κ3) is 5.43. The summed E-state index contributed by atoms with van der Waals surface area (Å²) in [5.41, 5.74) is 22.8. The Morgan fingerprint density at radius 3 is 2.29 bits per heavy atom. The SMILES string of the molecule is CC(/C=C\C=C/N)c1cc(-c2ccc(-c3ccc4c(c3)C3(c5ccccc5S4)c4ccccc4-c4c3ccc3c4C=CCC3)cc2)[nH+]c(-c2ccccc2)n1. The Morgan fingerprint density at radius 2 is 1.44 bits per heavy atom. The van der Waals surface area contributed by atoms with E-state index in [-0.39, 0.29) is 5.92 Å². The van der Waals surface area contributed by atoms with Crippen LogP contribution >= 0.6 is 11.8 Å². The van der Waals surface area contributed by atoms with Crippen molar-refractivity contribution in [2.45, 2.75) is 40.9 Å². The molecule has 4 heteroatoms. The summed E-state index contributed by atoms with van der Waals surface area (Å²) in [4.78, 5) is 11.3. The molecule has 0 radical (unpaired) electrons. The van der Waals surface area contributed by atoms with Gasteiger partial charge < -0.3 is 5.73 Å². The fourth-order valence-corrected chi connectivity index (χ4v) is 10.1. The second-order valence-electron chi connectivity index (χ2n) is 14.7. The van der Waals surface area contributed by atoms with Gasteiger partial charge in [0.1, 0.15) is 5.69 Å². The molecule has 0 saturated heterocycles. The summed E-state index contributed by atoms with van der Waals surface area (Å²) >= 11 is 1.90.